The SMILES string of the molecule is CCN(CC)S(=O)(=O)n1cc(-c2ccc3ccccc3c2)nc1C. The van der Waals surface area contributed by atoms with Crippen LogP contribution in [-0.2, 0) is 10.2 Å². The summed E-state index contributed by atoms with van der Waals surface area (Å²) in [5.41, 5.74) is 1.57. The van der Waals surface area contributed by atoms with Crippen LogP contribution in [0.4, 0.5) is 0 Å². The van der Waals surface area contributed by atoms with Gasteiger partial charge in [0, 0.05) is 24.8 Å². The van der Waals surface area contributed by atoms with Crippen LogP contribution in [-0.4, -0.2) is 34.8 Å². The molecule has 1 aromatic heterocycles. The molecule has 0 radical (unpaired) electrons. The molecule has 3 aromatic rings. The van der Waals surface area contributed by atoms with Gasteiger partial charge in [-0.2, -0.15) is 12.7 Å². The lowest BCUT2D eigenvalue weighted by Gasteiger charge is -2.19. The van der Waals surface area contributed by atoms with E-state index in [9.17, 15) is 8.42 Å². The van der Waals surface area contributed by atoms with E-state index in [1.807, 2.05) is 56.3 Å². The van der Waals surface area contributed by atoms with E-state index in [2.05, 4.69) is 4.98 Å². The van der Waals surface area contributed by atoms with Gasteiger partial charge in [0.2, 0.25) is 0 Å². The molecule has 0 aliphatic rings. The third-order valence-corrected chi connectivity index (χ3v) is 6.20. The van der Waals surface area contributed by atoms with Crippen molar-refractivity contribution in [2.75, 3.05) is 13.1 Å². The number of nitrogens with zero attached hydrogens (tertiary/aromatic N) is 3. The van der Waals surface area contributed by atoms with Crippen LogP contribution in [0.5, 0.6) is 0 Å². The van der Waals surface area contributed by atoms with Gasteiger partial charge in [-0.3, -0.25) is 0 Å². The lowest BCUT2D eigenvalue weighted by atomic mass is 10.1. The van der Waals surface area contributed by atoms with Crippen molar-refractivity contribution in [2.24, 2.45) is 0 Å². The van der Waals surface area contributed by atoms with Crippen molar-refractivity contribution in [1.82, 2.24) is 13.3 Å². The van der Waals surface area contributed by atoms with Crippen LogP contribution in [0.2, 0.25) is 0 Å². The Morgan fingerprint density at radius 3 is 2.38 bits per heavy atom. The summed E-state index contributed by atoms with van der Waals surface area (Å²) in [6.07, 6.45) is 1.60. The van der Waals surface area contributed by atoms with Crippen LogP contribution < -0.4 is 0 Å². The van der Waals surface area contributed by atoms with Gasteiger partial charge >= 0.3 is 10.2 Å². The first-order chi connectivity index (χ1) is 11.5. The standard InChI is InChI=1S/C18H21N3O2S/c1-4-20(5-2)24(22,23)21-13-18(19-14(21)3)17-11-10-15-8-6-7-9-16(15)12-17/h6-13H,4-5H2,1-3H3. The van der Waals surface area contributed by atoms with E-state index in [-0.39, 0.29) is 0 Å². The molecule has 5 nitrogen and oxygen atoms in total. The summed E-state index contributed by atoms with van der Waals surface area (Å²) >= 11 is 0. The van der Waals surface area contributed by atoms with Gasteiger partial charge in [0.05, 0.1) is 5.69 Å². The van der Waals surface area contributed by atoms with Crippen LogP contribution in [0.25, 0.3) is 22.0 Å². The Kier molecular flexibility index (Phi) is 4.43. The minimum atomic E-state index is -3.57. The smallest absolute Gasteiger partial charge is 0.232 e. The van der Waals surface area contributed by atoms with Gasteiger partial charge in [-0.1, -0.05) is 50.2 Å². The first-order valence-corrected chi connectivity index (χ1v) is 9.43. The molecule has 3 rings (SSSR count). The summed E-state index contributed by atoms with van der Waals surface area (Å²) in [5.74, 6) is 0.463. The molecule has 0 spiro atoms. The zero-order valence-corrected chi connectivity index (χ0v) is 14.9. The molecule has 0 bridgehead atoms. The Morgan fingerprint density at radius 1 is 1.04 bits per heavy atom. The van der Waals surface area contributed by atoms with Crippen molar-refractivity contribution in [3.8, 4) is 11.3 Å². The average Bonchev–Trinajstić information content (AvgIpc) is 2.98. The summed E-state index contributed by atoms with van der Waals surface area (Å²) in [6, 6.07) is 14.1. The number of aryl methyl sites for hydroxylation is 1. The highest BCUT2D eigenvalue weighted by Gasteiger charge is 2.23. The van der Waals surface area contributed by atoms with Crippen molar-refractivity contribution < 1.29 is 8.42 Å². The first kappa shape index (κ1) is 16.7. The second-order valence-electron chi connectivity index (χ2n) is 5.62. The molecule has 0 aliphatic carbocycles. The van der Waals surface area contributed by atoms with Gasteiger partial charge in [0.25, 0.3) is 0 Å². The van der Waals surface area contributed by atoms with E-state index in [4.69, 9.17) is 0 Å². The molecule has 0 amide bonds. The van der Waals surface area contributed by atoms with Crippen LogP contribution >= 0.6 is 0 Å². The fraction of sp³-hybridized carbons (Fsp3) is 0.278. The third-order valence-electron chi connectivity index (χ3n) is 4.17. The van der Waals surface area contributed by atoms with E-state index in [1.165, 1.54) is 8.28 Å². The second-order valence-corrected chi connectivity index (χ2v) is 7.43. The number of hydrogen-bond donors (Lipinski definition) is 0. The van der Waals surface area contributed by atoms with Crippen molar-refractivity contribution in [1.29, 1.82) is 0 Å². The monoisotopic (exact) mass is 343 g/mol. The zero-order chi connectivity index (χ0) is 17.3. The maximum atomic E-state index is 12.7. The Bertz CT molecular complexity index is 973. The van der Waals surface area contributed by atoms with Crippen LogP contribution in [0.15, 0.2) is 48.7 Å². The van der Waals surface area contributed by atoms with Gasteiger partial charge in [-0.05, 0) is 23.8 Å². The zero-order valence-electron chi connectivity index (χ0n) is 14.1. The van der Waals surface area contributed by atoms with Crippen molar-refractivity contribution >= 4 is 21.0 Å². The Labute approximate surface area is 142 Å². The first-order valence-electron chi connectivity index (χ1n) is 8.03. The molecular weight excluding hydrogens is 322 g/mol. The van der Waals surface area contributed by atoms with Gasteiger partial charge in [0.1, 0.15) is 5.82 Å². The molecule has 0 saturated carbocycles. The Morgan fingerprint density at radius 2 is 1.71 bits per heavy atom. The maximum absolute atomic E-state index is 12.7. The minimum absolute atomic E-state index is 0.432. The molecule has 2 aromatic carbocycles. The van der Waals surface area contributed by atoms with Crippen LogP contribution in [0, 0.1) is 6.92 Å². The van der Waals surface area contributed by atoms with Gasteiger partial charge in [-0.15, -0.1) is 0 Å². The number of aromatic nitrogens is 2. The molecule has 0 N–H and O–H groups in total. The van der Waals surface area contributed by atoms with Gasteiger partial charge in [-0.25, -0.2) is 8.96 Å². The lowest BCUT2D eigenvalue weighted by molar-refractivity contribution is 0.437. The summed E-state index contributed by atoms with van der Waals surface area (Å²) in [5, 5.41) is 2.25. The highest BCUT2D eigenvalue weighted by Crippen LogP contribution is 2.25. The second kappa shape index (κ2) is 6.37. The van der Waals surface area contributed by atoms with Crippen molar-refractivity contribution in [3.63, 3.8) is 0 Å². The van der Waals surface area contributed by atoms with E-state index in [0.29, 0.717) is 24.6 Å². The number of fused-ring (bicyclic) bond motifs is 1. The van der Waals surface area contributed by atoms with E-state index < -0.39 is 10.2 Å². The molecule has 1 heterocycles. The van der Waals surface area contributed by atoms with Crippen molar-refractivity contribution in [2.45, 2.75) is 20.8 Å². The van der Waals surface area contributed by atoms with E-state index >= 15 is 0 Å². The molecule has 0 saturated heterocycles. The summed E-state index contributed by atoms with van der Waals surface area (Å²) in [7, 11) is -3.57. The van der Waals surface area contributed by atoms with Crippen molar-refractivity contribution in [3.05, 3.63) is 54.5 Å². The molecule has 126 valence electrons. The summed E-state index contributed by atoms with van der Waals surface area (Å²) < 4.78 is 28.1. The summed E-state index contributed by atoms with van der Waals surface area (Å²) in [6.45, 7) is 6.24. The number of hydrogen-bond acceptors (Lipinski definition) is 3. The Balaban J connectivity index is 2.07. The van der Waals surface area contributed by atoms with Gasteiger partial charge < -0.3 is 0 Å². The quantitative estimate of drug-likeness (QED) is 0.713. The molecule has 0 unspecified atom stereocenters. The highest BCUT2D eigenvalue weighted by atomic mass is 32.2. The normalized spacial score (nSPS) is 12.2. The maximum Gasteiger partial charge on any atom is 0.308 e. The van der Waals surface area contributed by atoms with Crippen LogP contribution in [0.3, 0.4) is 0 Å². The predicted molar refractivity (Wildman–Crippen MR) is 97.1 cm³/mol. The topological polar surface area (TPSA) is 55.2 Å². The molecule has 0 aliphatic heterocycles. The van der Waals surface area contributed by atoms with Crippen LogP contribution in [0.1, 0.15) is 19.7 Å². The number of imidazole rings is 1. The summed E-state index contributed by atoms with van der Waals surface area (Å²) in [4.78, 5) is 4.46. The lowest BCUT2D eigenvalue weighted by Crippen LogP contribution is -2.35. The molecule has 6 heteroatoms. The number of benzene rings is 2. The molecule has 0 fully saturated rings. The predicted octanol–water partition coefficient (Wildman–Crippen LogP) is 3.45. The largest absolute Gasteiger partial charge is 0.308 e. The Hall–Kier alpha value is -2.18. The molecular formula is C18H21N3O2S. The van der Waals surface area contributed by atoms with Gasteiger partial charge in [0.15, 0.2) is 0 Å². The average molecular weight is 343 g/mol. The highest BCUT2D eigenvalue weighted by molar-refractivity contribution is 7.87. The number of rotatable bonds is 5. The fourth-order valence-electron chi connectivity index (χ4n) is 2.85. The molecule has 24 heavy (non-hydrogen) atoms. The third kappa shape index (κ3) is 2.83. The van der Waals surface area contributed by atoms with E-state index in [1.54, 1.807) is 13.1 Å². The molecule has 0 atom stereocenters. The minimum Gasteiger partial charge on any atom is -0.232 e. The van der Waals surface area contributed by atoms with E-state index in [0.717, 1.165) is 16.3 Å². The fourth-order valence-corrected chi connectivity index (χ4v) is 4.36.